The fraction of sp³-hybridized carbons (Fsp3) is 0.111. The lowest BCUT2D eigenvalue weighted by Crippen LogP contribution is -2.19. The molecule has 116 valence electrons. The molecule has 1 aromatic heterocycles. The first-order valence-corrected chi connectivity index (χ1v) is 7.23. The molecule has 1 heterocycles. The number of aromatic nitrogens is 1. The molecule has 0 aliphatic rings. The van der Waals surface area contributed by atoms with Gasteiger partial charge in [0, 0.05) is 23.3 Å². The number of benzene rings is 2. The highest BCUT2D eigenvalue weighted by atomic mass is 16.5. The van der Waals surface area contributed by atoms with Gasteiger partial charge in [-0.05, 0) is 31.2 Å². The summed E-state index contributed by atoms with van der Waals surface area (Å²) in [5.74, 6) is 0.663. The van der Waals surface area contributed by atoms with E-state index in [1.165, 1.54) is 0 Å². The predicted octanol–water partition coefficient (Wildman–Crippen LogP) is 4.20. The number of anilines is 2. The number of hydrogen-bond acceptors (Lipinski definition) is 3. The molecule has 23 heavy (non-hydrogen) atoms. The van der Waals surface area contributed by atoms with Crippen molar-refractivity contribution in [2.75, 3.05) is 17.7 Å². The van der Waals surface area contributed by atoms with E-state index in [1.54, 1.807) is 19.4 Å². The van der Waals surface area contributed by atoms with Crippen molar-refractivity contribution in [2.45, 2.75) is 6.92 Å². The molecule has 0 fully saturated rings. The zero-order valence-corrected chi connectivity index (χ0v) is 13.0. The number of urea groups is 1. The van der Waals surface area contributed by atoms with Crippen LogP contribution in [0.3, 0.4) is 0 Å². The summed E-state index contributed by atoms with van der Waals surface area (Å²) in [6.07, 6.45) is 1.69. The third kappa shape index (κ3) is 3.40. The van der Waals surface area contributed by atoms with Gasteiger partial charge in [-0.3, -0.25) is 4.98 Å². The summed E-state index contributed by atoms with van der Waals surface area (Å²) in [5, 5.41) is 6.53. The minimum atomic E-state index is -0.325. The normalized spacial score (nSPS) is 10.3. The minimum Gasteiger partial charge on any atom is -0.497 e. The maximum absolute atomic E-state index is 12.2. The molecule has 2 N–H and O–H groups in total. The smallest absolute Gasteiger partial charge is 0.323 e. The van der Waals surface area contributed by atoms with Crippen LogP contribution < -0.4 is 15.4 Å². The van der Waals surface area contributed by atoms with E-state index in [9.17, 15) is 4.79 Å². The van der Waals surface area contributed by atoms with E-state index in [1.807, 2.05) is 49.4 Å². The second-order valence-corrected chi connectivity index (χ2v) is 5.20. The average Bonchev–Trinajstić information content (AvgIpc) is 2.56. The fourth-order valence-electron chi connectivity index (χ4n) is 2.30. The van der Waals surface area contributed by atoms with Crippen molar-refractivity contribution >= 4 is 28.3 Å². The quantitative estimate of drug-likeness (QED) is 0.762. The van der Waals surface area contributed by atoms with Crippen molar-refractivity contribution in [3.8, 4) is 5.75 Å². The first-order valence-electron chi connectivity index (χ1n) is 7.23. The number of pyridine rings is 1. The largest absolute Gasteiger partial charge is 0.497 e. The molecule has 0 saturated heterocycles. The molecule has 0 spiro atoms. The SMILES string of the molecule is COc1cc(NC(=O)Nc2ccc(C)cc2)c2ncccc2c1. The molecule has 0 aliphatic carbocycles. The van der Waals surface area contributed by atoms with Crippen LogP contribution in [0.4, 0.5) is 16.2 Å². The summed E-state index contributed by atoms with van der Waals surface area (Å²) in [6.45, 7) is 2.00. The predicted molar refractivity (Wildman–Crippen MR) is 92.1 cm³/mol. The van der Waals surface area contributed by atoms with Gasteiger partial charge in [0.05, 0.1) is 18.3 Å². The highest BCUT2D eigenvalue weighted by Crippen LogP contribution is 2.27. The van der Waals surface area contributed by atoms with Crippen LogP contribution in [-0.2, 0) is 0 Å². The molecule has 5 heteroatoms. The number of hydrogen-bond donors (Lipinski definition) is 2. The molecule has 0 aliphatic heterocycles. The molecule has 5 nitrogen and oxygen atoms in total. The minimum absolute atomic E-state index is 0.325. The van der Waals surface area contributed by atoms with Crippen molar-refractivity contribution in [1.82, 2.24) is 4.98 Å². The number of nitrogens with zero attached hydrogens (tertiary/aromatic N) is 1. The first kappa shape index (κ1) is 14.8. The van der Waals surface area contributed by atoms with Gasteiger partial charge in [-0.25, -0.2) is 4.79 Å². The molecule has 3 rings (SSSR count). The Morgan fingerprint density at radius 3 is 2.61 bits per heavy atom. The Bertz CT molecular complexity index is 845. The van der Waals surface area contributed by atoms with E-state index in [0.717, 1.165) is 16.6 Å². The Morgan fingerprint density at radius 1 is 1.09 bits per heavy atom. The molecule has 0 radical (unpaired) electrons. The number of fused-ring (bicyclic) bond motifs is 1. The van der Waals surface area contributed by atoms with Crippen LogP contribution in [0.1, 0.15) is 5.56 Å². The van der Waals surface area contributed by atoms with E-state index >= 15 is 0 Å². The Hall–Kier alpha value is -3.08. The molecule has 0 unspecified atom stereocenters. The van der Waals surface area contributed by atoms with E-state index in [0.29, 0.717) is 17.0 Å². The maximum atomic E-state index is 12.2. The number of rotatable bonds is 3. The van der Waals surface area contributed by atoms with Crippen LogP contribution in [0.2, 0.25) is 0 Å². The van der Waals surface area contributed by atoms with Crippen LogP contribution in [0.5, 0.6) is 5.75 Å². The number of amides is 2. The lowest BCUT2D eigenvalue weighted by atomic mass is 10.2. The molecular weight excluding hydrogens is 290 g/mol. The summed E-state index contributed by atoms with van der Waals surface area (Å²) in [5.41, 5.74) is 3.18. The van der Waals surface area contributed by atoms with Crippen LogP contribution in [0.25, 0.3) is 10.9 Å². The van der Waals surface area contributed by atoms with Gasteiger partial charge in [-0.1, -0.05) is 23.8 Å². The Balaban J connectivity index is 1.85. The number of nitrogens with one attached hydrogen (secondary N) is 2. The van der Waals surface area contributed by atoms with E-state index < -0.39 is 0 Å². The topological polar surface area (TPSA) is 63.2 Å². The van der Waals surface area contributed by atoms with Crippen molar-refractivity contribution in [3.63, 3.8) is 0 Å². The lowest BCUT2D eigenvalue weighted by molar-refractivity contribution is 0.262. The molecule has 3 aromatic rings. The second-order valence-electron chi connectivity index (χ2n) is 5.20. The third-order valence-electron chi connectivity index (χ3n) is 3.47. The highest BCUT2D eigenvalue weighted by Gasteiger charge is 2.09. The van der Waals surface area contributed by atoms with Gasteiger partial charge in [0.15, 0.2) is 0 Å². The number of methoxy groups -OCH3 is 1. The Labute approximate surface area is 134 Å². The molecule has 0 saturated carbocycles. The molecule has 0 bridgehead atoms. The molecule has 2 aromatic carbocycles. The summed E-state index contributed by atoms with van der Waals surface area (Å²) < 4.78 is 5.28. The van der Waals surface area contributed by atoms with E-state index in [4.69, 9.17) is 4.74 Å². The van der Waals surface area contributed by atoms with Gasteiger partial charge < -0.3 is 15.4 Å². The molecular formula is C18H17N3O2. The zero-order valence-electron chi connectivity index (χ0n) is 13.0. The van der Waals surface area contributed by atoms with Crippen molar-refractivity contribution in [3.05, 3.63) is 60.3 Å². The fourth-order valence-corrected chi connectivity index (χ4v) is 2.30. The Morgan fingerprint density at radius 2 is 1.87 bits per heavy atom. The van der Waals surface area contributed by atoms with Gasteiger partial charge in [0.1, 0.15) is 5.75 Å². The summed E-state index contributed by atoms with van der Waals surface area (Å²) >= 11 is 0. The van der Waals surface area contributed by atoms with Crippen LogP contribution in [0.15, 0.2) is 54.7 Å². The lowest BCUT2D eigenvalue weighted by Gasteiger charge is -2.11. The molecule has 2 amide bonds. The van der Waals surface area contributed by atoms with Crippen LogP contribution >= 0.6 is 0 Å². The van der Waals surface area contributed by atoms with Crippen molar-refractivity contribution < 1.29 is 9.53 Å². The van der Waals surface area contributed by atoms with Gasteiger partial charge in [0.2, 0.25) is 0 Å². The van der Waals surface area contributed by atoms with Crippen molar-refractivity contribution in [2.24, 2.45) is 0 Å². The third-order valence-corrected chi connectivity index (χ3v) is 3.47. The summed E-state index contributed by atoms with van der Waals surface area (Å²) in [4.78, 5) is 16.5. The van der Waals surface area contributed by atoms with Crippen molar-refractivity contribution in [1.29, 1.82) is 0 Å². The second kappa shape index (κ2) is 6.36. The standard InChI is InChI=1S/C18H17N3O2/c1-12-5-7-14(8-6-12)20-18(22)21-16-11-15(23-2)10-13-4-3-9-19-17(13)16/h3-11H,1-2H3,(H2,20,21,22). The van der Waals surface area contributed by atoms with Gasteiger partial charge in [-0.15, -0.1) is 0 Å². The maximum Gasteiger partial charge on any atom is 0.323 e. The molecule has 0 atom stereocenters. The van der Waals surface area contributed by atoms with Gasteiger partial charge in [-0.2, -0.15) is 0 Å². The van der Waals surface area contributed by atoms with E-state index in [-0.39, 0.29) is 6.03 Å². The monoisotopic (exact) mass is 307 g/mol. The number of ether oxygens (including phenoxy) is 1. The first-order chi connectivity index (χ1) is 11.2. The number of carbonyl (C=O) groups excluding carboxylic acids is 1. The summed E-state index contributed by atoms with van der Waals surface area (Å²) in [7, 11) is 1.59. The number of aryl methyl sites for hydroxylation is 1. The Kier molecular flexibility index (Phi) is 4.10. The van der Waals surface area contributed by atoms with Crippen LogP contribution in [-0.4, -0.2) is 18.1 Å². The van der Waals surface area contributed by atoms with Gasteiger partial charge >= 0.3 is 6.03 Å². The highest BCUT2D eigenvalue weighted by molar-refractivity contribution is 6.05. The van der Waals surface area contributed by atoms with Crippen LogP contribution in [0, 0.1) is 6.92 Å². The average molecular weight is 307 g/mol. The summed E-state index contributed by atoms with van der Waals surface area (Å²) in [6, 6.07) is 14.7. The van der Waals surface area contributed by atoms with E-state index in [2.05, 4.69) is 15.6 Å². The zero-order chi connectivity index (χ0) is 16.2. The number of carbonyl (C=O) groups is 1. The van der Waals surface area contributed by atoms with Gasteiger partial charge in [0.25, 0.3) is 0 Å².